The zero-order valence-electron chi connectivity index (χ0n) is 11.3. The molecule has 1 aliphatic rings. The van der Waals surface area contributed by atoms with Crippen molar-refractivity contribution >= 4 is 11.6 Å². The van der Waals surface area contributed by atoms with Crippen LogP contribution in [0.3, 0.4) is 0 Å². The lowest BCUT2D eigenvalue weighted by Crippen LogP contribution is -2.33. The fraction of sp³-hybridized carbons (Fsp3) is 0.467. The first kappa shape index (κ1) is 13.4. The predicted octanol–water partition coefficient (Wildman–Crippen LogP) is 2.74. The molecule has 0 aromatic heterocycles. The SMILES string of the molecule is CC(C)(C#N)CCN1C(=O)CCOc2ccccc21. The summed E-state index contributed by atoms with van der Waals surface area (Å²) in [6.07, 6.45) is 1.02. The lowest BCUT2D eigenvalue weighted by atomic mass is 9.91. The van der Waals surface area contributed by atoms with Gasteiger partial charge in [0.25, 0.3) is 0 Å². The molecule has 1 aromatic carbocycles. The van der Waals surface area contributed by atoms with Crippen LogP contribution in [0.5, 0.6) is 5.75 Å². The number of carbonyl (C=O) groups is 1. The van der Waals surface area contributed by atoms with Crippen molar-refractivity contribution in [3.63, 3.8) is 0 Å². The first-order valence-electron chi connectivity index (χ1n) is 6.47. The summed E-state index contributed by atoms with van der Waals surface area (Å²) >= 11 is 0. The van der Waals surface area contributed by atoms with Gasteiger partial charge in [0.1, 0.15) is 5.75 Å². The second-order valence-electron chi connectivity index (χ2n) is 5.36. The van der Waals surface area contributed by atoms with E-state index in [4.69, 9.17) is 10.00 Å². The Hall–Kier alpha value is -2.02. The zero-order valence-corrected chi connectivity index (χ0v) is 11.3. The molecule has 1 aromatic rings. The number of nitriles is 1. The van der Waals surface area contributed by atoms with Crippen LogP contribution in [0, 0.1) is 16.7 Å². The molecule has 0 spiro atoms. The summed E-state index contributed by atoms with van der Waals surface area (Å²) in [4.78, 5) is 13.9. The first-order valence-corrected chi connectivity index (χ1v) is 6.47. The van der Waals surface area contributed by atoms with Crippen molar-refractivity contribution < 1.29 is 9.53 Å². The van der Waals surface area contributed by atoms with Gasteiger partial charge in [0.15, 0.2) is 0 Å². The normalized spacial score (nSPS) is 15.2. The lowest BCUT2D eigenvalue weighted by molar-refractivity contribution is -0.118. The second kappa shape index (κ2) is 5.31. The van der Waals surface area contributed by atoms with Crippen molar-refractivity contribution in [3.05, 3.63) is 24.3 Å². The monoisotopic (exact) mass is 258 g/mol. The van der Waals surface area contributed by atoms with E-state index in [1.54, 1.807) is 4.90 Å². The Labute approximate surface area is 113 Å². The van der Waals surface area contributed by atoms with E-state index < -0.39 is 5.41 Å². The van der Waals surface area contributed by atoms with Crippen LogP contribution in [0.2, 0.25) is 0 Å². The highest BCUT2D eigenvalue weighted by atomic mass is 16.5. The van der Waals surface area contributed by atoms with Gasteiger partial charge >= 0.3 is 0 Å². The number of fused-ring (bicyclic) bond motifs is 1. The van der Waals surface area contributed by atoms with E-state index in [0.717, 1.165) is 11.4 Å². The molecular weight excluding hydrogens is 240 g/mol. The molecule has 0 radical (unpaired) electrons. The van der Waals surface area contributed by atoms with Gasteiger partial charge in [-0.05, 0) is 32.4 Å². The van der Waals surface area contributed by atoms with E-state index in [-0.39, 0.29) is 5.91 Å². The molecule has 0 aliphatic carbocycles. The zero-order chi connectivity index (χ0) is 13.9. The number of ether oxygens (including phenoxy) is 1. The second-order valence-corrected chi connectivity index (χ2v) is 5.36. The third-order valence-electron chi connectivity index (χ3n) is 3.29. The molecule has 0 unspecified atom stereocenters. The number of benzene rings is 1. The van der Waals surface area contributed by atoms with E-state index in [1.165, 1.54) is 0 Å². The van der Waals surface area contributed by atoms with Crippen molar-refractivity contribution in [1.29, 1.82) is 5.26 Å². The Balaban J connectivity index is 2.22. The Morgan fingerprint density at radius 1 is 1.42 bits per heavy atom. The van der Waals surface area contributed by atoms with E-state index in [1.807, 2.05) is 38.1 Å². The molecule has 0 atom stereocenters. The summed E-state index contributed by atoms with van der Waals surface area (Å²) in [6.45, 7) is 4.73. The van der Waals surface area contributed by atoms with Gasteiger partial charge in [0.2, 0.25) is 5.91 Å². The molecule has 0 saturated heterocycles. The number of hydrogen-bond donors (Lipinski definition) is 0. The van der Waals surface area contributed by atoms with Crippen LogP contribution in [0.25, 0.3) is 0 Å². The minimum atomic E-state index is -0.428. The summed E-state index contributed by atoms with van der Waals surface area (Å²) in [5, 5.41) is 9.06. The van der Waals surface area contributed by atoms with Crippen LogP contribution in [0.1, 0.15) is 26.7 Å². The summed E-state index contributed by atoms with van der Waals surface area (Å²) in [7, 11) is 0. The molecule has 4 nitrogen and oxygen atoms in total. The van der Waals surface area contributed by atoms with Gasteiger partial charge in [-0.25, -0.2) is 0 Å². The van der Waals surface area contributed by atoms with Gasteiger partial charge in [-0.1, -0.05) is 12.1 Å². The Bertz CT molecular complexity index is 517. The Morgan fingerprint density at radius 3 is 2.89 bits per heavy atom. The standard InChI is InChI=1S/C15H18N2O2/c1-15(2,11-16)8-9-17-12-5-3-4-6-13(12)19-10-7-14(17)18/h3-6H,7-10H2,1-2H3. The van der Waals surface area contributed by atoms with E-state index in [9.17, 15) is 4.79 Å². The minimum Gasteiger partial charge on any atom is -0.491 e. The van der Waals surface area contributed by atoms with Gasteiger partial charge in [-0.15, -0.1) is 0 Å². The van der Waals surface area contributed by atoms with E-state index >= 15 is 0 Å². The van der Waals surface area contributed by atoms with E-state index in [2.05, 4.69) is 6.07 Å². The van der Waals surface area contributed by atoms with Crippen LogP contribution in [0.15, 0.2) is 24.3 Å². The quantitative estimate of drug-likeness (QED) is 0.837. The summed E-state index contributed by atoms with van der Waals surface area (Å²) in [6, 6.07) is 9.81. The number of hydrogen-bond acceptors (Lipinski definition) is 3. The molecule has 4 heteroatoms. The molecule has 1 amide bonds. The summed E-state index contributed by atoms with van der Waals surface area (Å²) in [5.74, 6) is 0.793. The van der Waals surface area contributed by atoms with Crippen molar-refractivity contribution in [3.8, 4) is 11.8 Å². The maximum Gasteiger partial charge on any atom is 0.230 e. The number of amides is 1. The highest BCUT2D eigenvalue weighted by Gasteiger charge is 2.25. The lowest BCUT2D eigenvalue weighted by Gasteiger charge is -2.25. The average molecular weight is 258 g/mol. The van der Waals surface area contributed by atoms with Crippen molar-refractivity contribution in [1.82, 2.24) is 0 Å². The predicted molar refractivity (Wildman–Crippen MR) is 72.9 cm³/mol. The van der Waals surface area contributed by atoms with Gasteiger partial charge in [0.05, 0.1) is 30.2 Å². The number of carbonyl (C=O) groups excluding carboxylic acids is 1. The number of anilines is 1. The molecule has 2 rings (SSSR count). The molecule has 0 N–H and O–H groups in total. The Morgan fingerprint density at radius 2 is 2.16 bits per heavy atom. The van der Waals surface area contributed by atoms with Crippen LogP contribution in [-0.2, 0) is 4.79 Å². The Kier molecular flexibility index (Phi) is 3.75. The molecule has 19 heavy (non-hydrogen) atoms. The van der Waals surface area contributed by atoms with Gasteiger partial charge < -0.3 is 9.64 Å². The highest BCUT2D eigenvalue weighted by Crippen LogP contribution is 2.32. The molecular formula is C15H18N2O2. The molecule has 100 valence electrons. The average Bonchev–Trinajstić information content (AvgIpc) is 2.55. The topological polar surface area (TPSA) is 53.3 Å². The molecule has 1 aliphatic heterocycles. The molecule has 1 heterocycles. The van der Waals surface area contributed by atoms with Crippen molar-refractivity contribution in [2.45, 2.75) is 26.7 Å². The number of para-hydroxylation sites is 2. The third-order valence-corrected chi connectivity index (χ3v) is 3.29. The molecule has 0 fully saturated rings. The number of rotatable bonds is 3. The van der Waals surface area contributed by atoms with E-state index in [0.29, 0.717) is 26.0 Å². The van der Waals surface area contributed by atoms with Gasteiger partial charge in [-0.3, -0.25) is 4.79 Å². The smallest absolute Gasteiger partial charge is 0.230 e. The highest BCUT2D eigenvalue weighted by molar-refractivity contribution is 5.95. The van der Waals surface area contributed by atoms with Crippen molar-refractivity contribution in [2.24, 2.45) is 5.41 Å². The fourth-order valence-corrected chi connectivity index (χ4v) is 2.01. The van der Waals surface area contributed by atoms with Crippen molar-refractivity contribution in [2.75, 3.05) is 18.1 Å². The summed E-state index contributed by atoms with van der Waals surface area (Å²) in [5.41, 5.74) is 0.376. The molecule has 0 saturated carbocycles. The maximum absolute atomic E-state index is 12.1. The van der Waals surface area contributed by atoms with Crippen LogP contribution >= 0.6 is 0 Å². The van der Waals surface area contributed by atoms with Crippen LogP contribution < -0.4 is 9.64 Å². The maximum atomic E-state index is 12.1. The first-order chi connectivity index (χ1) is 9.03. The summed E-state index contributed by atoms with van der Waals surface area (Å²) < 4.78 is 5.58. The molecule has 0 bridgehead atoms. The van der Waals surface area contributed by atoms with Gasteiger partial charge in [0, 0.05) is 6.54 Å². The number of nitrogens with zero attached hydrogens (tertiary/aromatic N) is 2. The third kappa shape index (κ3) is 3.05. The fourth-order valence-electron chi connectivity index (χ4n) is 2.01. The van der Waals surface area contributed by atoms with Crippen LogP contribution in [-0.4, -0.2) is 19.1 Å². The van der Waals surface area contributed by atoms with Crippen LogP contribution in [0.4, 0.5) is 5.69 Å². The minimum absolute atomic E-state index is 0.0543. The largest absolute Gasteiger partial charge is 0.491 e. The van der Waals surface area contributed by atoms with Gasteiger partial charge in [-0.2, -0.15) is 5.26 Å².